The van der Waals surface area contributed by atoms with Crippen molar-refractivity contribution in [3.8, 4) is 11.5 Å². The van der Waals surface area contributed by atoms with Crippen LogP contribution in [0.3, 0.4) is 0 Å². The van der Waals surface area contributed by atoms with Gasteiger partial charge in [0.15, 0.2) is 23.2 Å². The lowest BCUT2D eigenvalue weighted by molar-refractivity contribution is -0.173. The van der Waals surface area contributed by atoms with Gasteiger partial charge in [-0.15, -0.1) is 0 Å². The zero-order valence-electron chi connectivity index (χ0n) is 18.3. The number of halogens is 4. The molecule has 0 radical (unpaired) electrons. The molecule has 0 saturated carbocycles. The molecule has 0 spiro atoms. The van der Waals surface area contributed by atoms with E-state index in [0.29, 0.717) is 27.6 Å². The summed E-state index contributed by atoms with van der Waals surface area (Å²) < 4.78 is 53.2. The minimum Gasteiger partial charge on any atom is -0.493 e. The lowest BCUT2D eigenvalue weighted by Crippen LogP contribution is -2.35. The zero-order chi connectivity index (χ0) is 24.5. The van der Waals surface area contributed by atoms with Gasteiger partial charge in [-0.1, -0.05) is 35.9 Å². The molecule has 2 atom stereocenters. The van der Waals surface area contributed by atoms with Crippen LogP contribution in [-0.4, -0.2) is 36.1 Å². The molecule has 4 rings (SSSR count). The second-order valence-corrected chi connectivity index (χ2v) is 8.15. The van der Waals surface area contributed by atoms with Crippen molar-refractivity contribution in [3.05, 3.63) is 70.4 Å². The van der Waals surface area contributed by atoms with E-state index in [1.165, 1.54) is 20.3 Å². The Morgan fingerprint density at radius 2 is 1.91 bits per heavy atom. The average Bonchev–Trinajstić information content (AvgIpc) is 3.26. The molecule has 0 fully saturated rings. The predicted molar refractivity (Wildman–Crippen MR) is 120 cm³/mol. The van der Waals surface area contributed by atoms with E-state index < -0.39 is 24.2 Å². The molecule has 0 aliphatic carbocycles. The number of carbonyl (C=O) groups excluding carboxylic acids is 1. The minimum atomic E-state index is -4.57. The normalized spacial score (nSPS) is 17.5. The molecule has 1 aliphatic rings. The van der Waals surface area contributed by atoms with E-state index in [-0.39, 0.29) is 24.5 Å². The molecule has 2 aromatic carbocycles. The Balaban J connectivity index is 1.60. The van der Waals surface area contributed by atoms with Gasteiger partial charge in [-0.25, -0.2) is 4.68 Å². The lowest BCUT2D eigenvalue weighted by atomic mass is 9.96. The maximum absolute atomic E-state index is 13.9. The Morgan fingerprint density at radius 1 is 1.18 bits per heavy atom. The molecule has 1 aromatic heterocycles. The number of benzene rings is 2. The fourth-order valence-corrected chi connectivity index (χ4v) is 4.08. The SMILES string of the molecule is COc1ccc([C@H]2C[C@@H](C(F)(F)F)n3nc(C(=O)NCc4ccccc4Cl)cc3N2)cc1OC. The van der Waals surface area contributed by atoms with Crippen molar-refractivity contribution in [2.24, 2.45) is 0 Å². The summed E-state index contributed by atoms with van der Waals surface area (Å²) >= 11 is 6.10. The van der Waals surface area contributed by atoms with Crippen LogP contribution in [-0.2, 0) is 6.54 Å². The third kappa shape index (κ3) is 4.77. The summed E-state index contributed by atoms with van der Waals surface area (Å²) in [6.45, 7) is 0.116. The van der Waals surface area contributed by atoms with Gasteiger partial charge in [0.2, 0.25) is 0 Å². The summed E-state index contributed by atoms with van der Waals surface area (Å²) in [7, 11) is 2.93. The zero-order valence-corrected chi connectivity index (χ0v) is 19.1. The molecule has 0 saturated heterocycles. The first-order valence-electron chi connectivity index (χ1n) is 10.4. The monoisotopic (exact) mass is 494 g/mol. The lowest BCUT2D eigenvalue weighted by Gasteiger charge is -2.33. The van der Waals surface area contributed by atoms with Crippen LogP contribution in [0.4, 0.5) is 19.0 Å². The number of alkyl halides is 3. The molecule has 2 N–H and O–H groups in total. The molecule has 3 aromatic rings. The highest BCUT2D eigenvalue weighted by molar-refractivity contribution is 6.31. The standard InChI is InChI=1S/C23H22ClF3N4O3/c1-33-18-8-7-13(9-19(18)34-2)16-10-20(23(25,26)27)31-21(29-16)11-17(30-31)22(32)28-12-14-5-3-4-6-15(14)24/h3-9,11,16,20,29H,10,12H2,1-2H3,(H,28,32)/t16-,20+/m1/s1. The minimum absolute atomic E-state index is 0.0938. The third-order valence-corrected chi connectivity index (χ3v) is 6.00. The molecule has 1 amide bonds. The van der Waals surface area contributed by atoms with E-state index in [1.54, 1.807) is 42.5 Å². The van der Waals surface area contributed by atoms with E-state index in [9.17, 15) is 18.0 Å². The highest BCUT2D eigenvalue weighted by Crippen LogP contribution is 2.44. The number of nitrogens with one attached hydrogen (secondary N) is 2. The topological polar surface area (TPSA) is 77.4 Å². The number of methoxy groups -OCH3 is 2. The van der Waals surface area contributed by atoms with Crippen molar-refractivity contribution < 1.29 is 27.4 Å². The van der Waals surface area contributed by atoms with Crippen LogP contribution in [0.15, 0.2) is 48.5 Å². The van der Waals surface area contributed by atoms with Crippen molar-refractivity contribution in [1.29, 1.82) is 0 Å². The van der Waals surface area contributed by atoms with Gasteiger partial charge in [-0.2, -0.15) is 18.3 Å². The van der Waals surface area contributed by atoms with Gasteiger partial charge >= 0.3 is 6.18 Å². The number of amides is 1. The van der Waals surface area contributed by atoms with Crippen molar-refractivity contribution in [2.75, 3.05) is 19.5 Å². The number of hydrogen-bond acceptors (Lipinski definition) is 5. The Morgan fingerprint density at radius 3 is 2.59 bits per heavy atom. The molecule has 0 unspecified atom stereocenters. The van der Waals surface area contributed by atoms with E-state index in [0.717, 1.165) is 4.68 Å². The van der Waals surface area contributed by atoms with Crippen LogP contribution in [0.1, 0.15) is 40.1 Å². The first-order chi connectivity index (χ1) is 16.2. The Hall–Kier alpha value is -3.40. The molecule has 0 bridgehead atoms. The molecule has 2 heterocycles. The van der Waals surface area contributed by atoms with Crippen molar-refractivity contribution in [2.45, 2.75) is 31.2 Å². The van der Waals surface area contributed by atoms with E-state index >= 15 is 0 Å². The summed E-state index contributed by atoms with van der Waals surface area (Å²) in [5, 5.41) is 10.2. The van der Waals surface area contributed by atoms with Crippen LogP contribution in [0, 0.1) is 0 Å². The molecule has 180 valence electrons. The van der Waals surface area contributed by atoms with Crippen molar-refractivity contribution in [1.82, 2.24) is 15.1 Å². The number of carbonyl (C=O) groups is 1. The smallest absolute Gasteiger partial charge is 0.410 e. The van der Waals surface area contributed by atoms with Gasteiger partial charge in [0.25, 0.3) is 5.91 Å². The second kappa shape index (κ2) is 9.46. The molecule has 11 heteroatoms. The summed E-state index contributed by atoms with van der Waals surface area (Å²) in [6.07, 6.45) is -4.88. The van der Waals surface area contributed by atoms with E-state index in [2.05, 4.69) is 15.7 Å². The van der Waals surface area contributed by atoms with Crippen LogP contribution in [0.25, 0.3) is 0 Å². The Labute approximate surface area is 198 Å². The number of anilines is 1. The number of hydrogen-bond donors (Lipinski definition) is 2. The first-order valence-corrected chi connectivity index (χ1v) is 10.8. The summed E-state index contributed by atoms with van der Waals surface area (Å²) in [4.78, 5) is 12.6. The van der Waals surface area contributed by atoms with Gasteiger partial charge in [0.05, 0.1) is 20.3 Å². The number of aromatic nitrogens is 2. The highest BCUT2D eigenvalue weighted by Gasteiger charge is 2.47. The van der Waals surface area contributed by atoms with Gasteiger partial charge in [0.1, 0.15) is 5.82 Å². The van der Waals surface area contributed by atoms with E-state index in [4.69, 9.17) is 21.1 Å². The Kier molecular flexibility index (Phi) is 6.60. The summed E-state index contributed by atoms with van der Waals surface area (Å²) in [6, 6.07) is 10.6. The first kappa shape index (κ1) is 23.7. The van der Waals surface area contributed by atoms with Crippen molar-refractivity contribution in [3.63, 3.8) is 0 Å². The van der Waals surface area contributed by atoms with Crippen molar-refractivity contribution >= 4 is 23.3 Å². The maximum Gasteiger partial charge on any atom is 0.410 e. The molecular weight excluding hydrogens is 473 g/mol. The largest absolute Gasteiger partial charge is 0.493 e. The van der Waals surface area contributed by atoms with Crippen LogP contribution < -0.4 is 20.1 Å². The van der Waals surface area contributed by atoms with Crippen LogP contribution in [0.2, 0.25) is 5.02 Å². The molecular formula is C23H22ClF3N4O3. The highest BCUT2D eigenvalue weighted by atomic mass is 35.5. The Bertz CT molecular complexity index is 1200. The number of ether oxygens (including phenoxy) is 2. The quantitative estimate of drug-likeness (QED) is 0.496. The fraction of sp³-hybridized carbons (Fsp3) is 0.304. The molecule has 7 nitrogen and oxygen atoms in total. The third-order valence-electron chi connectivity index (χ3n) is 5.63. The van der Waals surface area contributed by atoms with E-state index in [1.807, 2.05) is 0 Å². The maximum atomic E-state index is 13.9. The van der Waals surface area contributed by atoms with Gasteiger partial charge in [-0.3, -0.25) is 4.79 Å². The number of nitrogens with zero attached hydrogens (tertiary/aromatic N) is 2. The van der Waals surface area contributed by atoms with Crippen LogP contribution in [0.5, 0.6) is 11.5 Å². The fourth-order valence-electron chi connectivity index (χ4n) is 3.88. The molecule has 1 aliphatic heterocycles. The summed E-state index contributed by atoms with van der Waals surface area (Å²) in [5.41, 5.74) is 1.14. The number of fused-ring (bicyclic) bond motifs is 1. The van der Waals surface area contributed by atoms with Crippen LogP contribution >= 0.6 is 11.6 Å². The second-order valence-electron chi connectivity index (χ2n) is 7.74. The van der Waals surface area contributed by atoms with Gasteiger partial charge in [0, 0.05) is 24.1 Å². The van der Waals surface area contributed by atoms with Gasteiger partial charge < -0.3 is 20.1 Å². The predicted octanol–water partition coefficient (Wildman–Crippen LogP) is 5.14. The molecule has 34 heavy (non-hydrogen) atoms. The number of rotatable bonds is 6. The summed E-state index contributed by atoms with van der Waals surface area (Å²) in [5.74, 6) is 0.365. The average molecular weight is 495 g/mol. The van der Waals surface area contributed by atoms with Gasteiger partial charge in [-0.05, 0) is 29.3 Å².